The molecule has 0 saturated carbocycles. The Morgan fingerprint density at radius 3 is 2.06 bits per heavy atom. The molecule has 6 nitrogen and oxygen atoms in total. The minimum atomic E-state index is -3.91. The van der Waals surface area contributed by atoms with Crippen LogP contribution in [0.15, 0.2) is 65.6 Å². The second kappa shape index (κ2) is 9.63. The van der Waals surface area contributed by atoms with E-state index in [-0.39, 0.29) is 17.0 Å². The predicted molar refractivity (Wildman–Crippen MR) is 125 cm³/mol. The van der Waals surface area contributed by atoms with E-state index in [2.05, 4.69) is 0 Å². The highest BCUT2D eigenvalue weighted by Gasteiger charge is 2.26. The van der Waals surface area contributed by atoms with Crippen LogP contribution in [0.2, 0.25) is 5.02 Å². The molecule has 8 heteroatoms. The van der Waals surface area contributed by atoms with Gasteiger partial charge in [-0.15, -0.1) is 0 Å². The number of anilines is 1. The van der Waals surface area contributed by atoms with E-state index in [0.29, 0.717) is 33.3 Å². The van der Waals surface area contributed by atoms with E-state index in [1.165, 1.54) is 17.5 Å². The number of carbonyl (C=O) groups excluding carboxylic acids is 1. The van der Waals surface area contributed by atoms with Gasteiger partial charge in [0.25, 0.3) is 10.0 Å². The summed E-state index contributed by atoms with van der Waals surface area (Å²) in [5.74, 6) is 0.602. The second-order valence-corrected chi connectivity index (χ2v) is 9.42. The molecule has 0 amide bonds. The number of hydrogen-bond acceptors (Lipinski definition) is 5. The first-order chi connectivity index (χ1) is 15.2. The van der Waals surface area contributed by atoms with Crippen LogP contribution in [0.3, 0.4) is 0 Å². The lowest BCUT2D eigenvalue weighted by atomic mass is 10.0. The quantitative estimate of drug-likeness (QED) is 0.408. The number of sulfonamides is 1. The summed E-state index contributed by atoms with van der Waals surface area (Å²) < 4.78 is 38.7. The summed E-state index contributed by atoms with van der Waals surface area (Å²) >= 11 is 5.89. The molecule has 0 N–H and O–H groups in total. The van der Waals surface area contributed by atoms with Crippen LogP contribution < -0.4 is 9.04 Å². The molecule has 0 atom stereocenters. The van der Waals surface area contributed by atoms with Crippen LogP contribution in [0.25, 0.3) is 0 Å². The van der Waals surface area contributed by atoms with Crippen LogP contribution in [-0.4, -0.2) is 28.0 Å². The first kappa shape index (κ1) is 23.6. The van der Waals surface area contributed by atoms with Crippen molar-refractivity contribution in [2.45, 2.75) is 25.7 Å². The van der Waals surface area contributed by atoms with Crippen LogP contribution >= 0.6 is 11.6 Å². The molecule has 3 aromatic carbocycles. The number of hydrogen-bond donors (Lipinski definition) is 0. The summed E-state index contributed by atoms with van der Waals surface area (Å²) in [6, 6.07) is 16.6. The first-order valence-electron chi connectivity index (χ1n) is 9.93. The van der Waals surface area contributed by atoms with Gasteiger partial charge in [-0.05, 0) is 92.6 Å². The predicted octanol–water partition coefficient (Wildman–Crippen LogP) is 5.75. The third-order valence-corrected chi connectivity index (χ3v) is 7.23. The fourth-order valence-corrected chi connectivity index (χ4v) is 4.95. The van der Waals surface area contributed by atoms with Crippen molar-refractivity contribution in [3.05, 3.63) is 82.4 Å². The minimum absolute atomic E-state index is 0.0318. The highest BCUT2D eigenvalue weighted by atomic mass is 35.5. The average Bonchev–Trinajstić information content (AvgIpc) is 2.78. The van der Waals surface area contributed by atoms with Crippen molar-refractivity contribution in [2.75, 3.05) is 18.0 Å². The van der Waals surface area contributed by atoms with Gasteiger partial charge in [0, 0.05) is 11.6 Å². The zero-order chi connectivity index (χ0) is 23.5. The molecular weight excluding hydrogens is 450 g/mol. The number of methoxy groups -OCH3 is 1. The molecule has 3 rings (SSSR count). The monoisotopic (exact) mass is 473 g/mol. The fraction of sp³-hybridized carbons (Fsp3) is 0.208. The van der Waals surface area contributed by atoms with Crippen molar-refractivity contribution in [2.24, 2.45) is 0 Å². The Labute approximate surface area is 193 Å². The Morgan fingerprint density at radius 1 is 0.969 bits per heavy atom. The normalized spacial score (nSPS) is 11.2. The summed E-state index contributed by atoms with van der Waals surface area (Å²) in [6.07, 6.45) is 0. The van der Waals surface area contributed by atoms with Gasteiger partial charge >= 0.3 is 5.97 Å². The van der Waals surface area contributed by atoms with Gasteiger partial charge in [-0.2, -0.15) is 0 Å². The second-order valence-electron chi connectivity index (χ2n) is 7.12. The third kappa shape index (κ3) is 4.89. The van der Waals surface area contributed by atoms with Gasteiger partial charge in [-0.1, -0.05) is 11.6 Å². The van der Waals surface area contributed by atoms with E-state index in [1.54, 1.807) is 75.4 Å². The maximum absolute atomic E-state index is 13.4. The van der Waals surface area contributed by atoms with Gasteiger partial charge in [0.2, 0.25) is 0 Å². The lowest BCUT2D eigenvalue weighted by Gasteiger charge is -2.24. The summed E-state index contributed by atoms with van der Waals surface area (Å²) in [7, 11) is -2.65. The SMILES string of the molecule is CCN(c1ccc(Oc2ccc(Cl)cc2)cc1)S(=O)(=O)c1cc(C)c(C)c(C(=O)OC)c1. The number of nitrogens with zero attached hydrogens (tertiary/aromatic N) is 1. The minimum Gasteiger partial charge on any atom is -0.465 e. The average molecular weight is 474 g/mol. The standard InChI is InChI=1S/C24H24ClNO5S/c1-5-26(19-8-12-21(13-9-19)31-20-10-6-18(25)7-11-20)32(28,29)22-14-16(2)17(3)23(15-22)24(27)30-4/h6-15H,5H2,1-4H3. The van der Waals surface area contributed by atoms with Crippen molar-refractivity contribution in [1.29, 1.82) is 0 Å². The number of halogens is 1. The Kier molecular flexibility index (Phi) is 7.11. The Morgan fingerprint density at radius 2 is 1.53 bits per heavy atom. The number of benzene rings is 3. The van der Waals surface area contributed by atoms with E-state index >= 15 is 0 Å². The lowest BCUT2D eigenvalue weighted by molar-refractivity contribution is 0.0599. The van der Waals surface area contributed by atoms with E-state index in [4.69, 9.17) is 21.1 Å². The largest absolute Gasteiger partial charge is 0.465 e. The van der Waals surface area contributed by atoms with Crippen LogP contribution in [0.1, 0.15) is 28.4 Å². The molecule has 0 spiro atoms. The van der Waals surface area contributed by atoms with Crippen molar-refractivity contribution >= 4 is 33.3 Å². The Hall–Kier alpha value is -3.03. The number of ether oxygens (including phenoxy) is 2. The Bertz CT molecular complexity index is 1220. The molecule has 0 heterocycles. The molecule has 168 valence electrons. The third-order valence-electron chi connectivity index (χ3n) is 5.10. The van der Waals surface area contributed by atoms with E-state index in [9.17, 15) is 13.2 Å². The van der Waals surface area contributed by atoms with Crippen molar-refractivity contribution in [3.8, 4) is 11.5 Å². The molecule has 0 aromatic heterocycles. The number of carbonyl (C=O) groups is 1. The summed E-state index contributed by atoms with van der Waals surface area (Å²) in [5, 5.41) is 0.609. The maximum Gasteiger partial charge on any atom is 0.338 e. The summed E-state index contributed by atoms with van der Waals surface area (Å²) in [5.41, 5.74) is 2.08. The number of rotatable bonds is 7. The highest BCUT2D eigenvalue weighted by Crippen LogP contribution is 2.30. The fourth-order valence-electron chi connectivity index (χ4n) is 3.23. The highest BCUT2D eigenvalue weighted by molar-refractivity contribution is 7.92. The van der Waals surface area contributed by atoms with Crippen molar-refractivity contribution < 1.29 is 22.7 Å². The molecule has 32 heavy (non-hydrogen) atoms. The molecule has 3 aromatic rings. The van der Waals surface area contributed by atoms with Crippen molar-refractivity contribution in [3.63, 3.8) is 0 Å². The molecule has 0 bridgehead atoms. The van der Waals surface area contributed by atoms with E-state index in [0.717, 1.165) is 0 Å². The summed E-state index contributed by atoms with van der Waals surface area (Å²) in [6.45, 7) is 5.48. The molecule has 0 unspecified atom stereocenters. The maximum atomic E-state index is 13.4. The van der Waals surface area contributed by atoms with E-state index < -0.39 is 16.0 Å². The lowest BCUT2D eigenvalue weighted by Crippen LogP contribution is -2.31. The molecule has 0 aliphatic heterocycles. The van der Waals surface area contributed by atoms with Gasteiger partial charge in [-0.25, -0.2) is 13.2 Å². The molecule has 0 saturated heterocycles. The van der Waals surface area contributed by atoms with Gasteiger partial charge < -0.3 is 9.47 Å². The van der Waals surface area contributed by atoms with Crippen LogP contribution in [0, 0.1) is 13.8 Å². The molecule has 0 radical (unpaired) electrons. The zero-order valence-electron chi connectivity index (χ0n) is 18.3. The first-order valence-corrected chi connectivity index (χ1v) is 11.7. The van der Waals surface area contributed by atoms with Crippen LogP contribution in [-0.2, 0) is 14.8 Å². The van der Waals surface area contributed by atoms with Gasteiger partial charge in [0.1, 0.15) is 11.5 Å². The van der Waals surface area contributed by atoms with Gasteiger partial charge in [-0.3, -0.25) is 4.31 Å². The Balaban J connectivity index is 1.92. The van der Waals surface area contributed by atoms with E-state index in [1.807, 2.05) is 0 Å². The smallest absolute Gasteiger partial charge is 0.338 e. The number of aryl methyl sites for hydroxylation is 1. The van der Waals surface area contributed by atoms with Crippen LogP contribution in [0.4, 0.5) is 5.69 Å². The topological polar surface area (TPSA) is 72.9 Å². The van der Waals surface area contributed by atoms with Crippen LogP contribution in [0.5, 0.6) is 11.5 Å². The molecule has 0 fully saturated rings. The van der Waals surface area contributed by atoms with Gasteiger partial charge in [0.05, 0.1) is 23.3 Å². The molecular formula is C24H24ClNO5S. The van der Waals surface area contributed by atoms with Gasteiger partial charge in [0.15, 0.2) is 0 Å². The number of esters is 1. The molecule has 0 aliphatic rings. The molecule has 0 aliphatic carbocycles. The van der Waals surface area contributed by atoms with Crippen molar-refractivity contribution in [1.82, 2.24) is 0 Å². The zero-order valence-corrected chi connectivity index (χ0v) is 19.8. The summed E-state index contributed by atoms with van der Waals surface area (Å²) in [4.78, 5) is 12.2.